The third kappa shape index (κ3) is 3.93. The van der Waals surface area contributed by atoms with Gasteiger partial charge < -0.3 is 10.0 Å². The lowest BCUT2D eigenvalue weighted by Crippen LogP contribution is -2.58. The van der Waals surface area contributed by atoms with Crippen molar-refractivity contribution in [2.75, 3.05) is 26.2 Å². The summed E-state index contributed by atoms with van der Waals surface area (Å²) in [5.41, 5.74) is 0. The Balaban J connectivity index is 1.78. The predicted molar refractivity (Wildman–Crippen MR) is 71.2 cm³/mol. The van der Waals surface area contributed by atoms with Crippen molar-refractivity contribution in [1.82, 2.24) is 15.1 Å². The highest BCUT2D eigenvalue weighted by Gasteiger charge is 2.31. The molecule has 7 heteroatoms. The second-order valence-corrected chi connectivity index (χ2v) is 5.38. The Morgan fingerprint density at radius 1 is 1.10 bits per heavy atom. The van der Waals surface area contributed by atoms with E-state index in [1.54, 1.807) is 4.90 Å². The van der Waals surface area contributed by atoms with Gasteiger partial charge in [0.25, 0.3) is 0 Å². The van der Waals surface area contributed by atoms with Gasteiger partial charge >= 0.3 is 12.0 Å². The van der Waals surface area contributed by atoms with E-state index in [1.165, 1.54) is 12.8 Å². The van der Waals surface area contributed by atoms with Crippen LogP contribution in [0.4, 0.5) is 4.79 Å². The van der Waals surface area contributed by atoms with Crippen molar-refractivity contribution in [3.8, 4) is 0 Å². The first-order chi connectivity index (χ1) is 9.56. The van der Waals surface area contributed by atoms with Crippen LogP contribution in [0.5, 0.6) is 0 Å². The summed E-state index contributed by atoms with van der Waals surface area (Å²) in [5, 5.41) is 10.8. The van der Waals surface area contributed by atoms with E-state index in [9.17, 15) is 14.4 Å². The van der Waals surface area contributed by atoms with Crippen LogP contribution in [0.25, 0.3) is 0 Å². The molecule has 20 heavy (non-hydrogen) atoms. The first kappa shape index (κ1) is 14.8. The summed E-state index contributed by atoms with van der Waals surface area (Å²) in [5.74, 6) is -1.56. The maximum Gasteiger partial charge on any atom is 0.324 e. The number of piperazine rings is 1. The summed E-state index contributed by atoms with van der Waals surface area (Å²) in [6.07, 6.45) is 3.08. The molecular formula is C13H21N3O4. The molecule has 2 rings (SSSR count). The highest BCUT2D eigenvalue weighted by molar-refractivity contribution is 5.95. The summed E-state index contributed by atoms with van der Waals surface area (Å²) < 4.78 is 0. The molecule has 0 aromatic rings. The molecule has 0 spiro atoms. The zero-order valence-electron chi connectivity index (χ0n) is 11.5. The van der Waals surface area contributed by atoms with Gasteiger partial charge in [-0.2, -0.15) is 0 Å². The number of nitrogens with zero attached hydrogens (tertiary/aromatic N) is 2. The molecule has 0 aromatic carbocycles. The lowest BCUT2D eigenvalue weighted by Gasteiger charge is -2.43. The first-order valence-corrected chi connectivity index (χ1v) is 7.11. The van der Waals surface area contributed by atoms with Gasteiger partial charge in [0.1, 0.15) is 0 Å². The number of fused-ring (bicyclic) bond motifs is 1. The number of aliphatic carboxylic acids is 1. The minimum absolute atomic E-state index is 0.162. The molecule has 0 aliphatic carbocycles. The molecular weight excluding hydrogens is 262 g/mol. The number of hydrogen-bond acceptors (Lipinski definition) is 4. The number of urea groups is 1. The van der Waals surface area contributed by atoms with Gasteiger partial charge in [-0.25, -0.2) is 4.79 Å². The van der Waals surface area contributed by atoms with Crippen LogP contribution in [-0.2, 0) is 9.59 Å². The molecule has 0 bridgehead atoms. The van der Waals surface area contributed by atoms with Crippen molar-refractivity contribution in [3.63, 3.8) is 0 Å². The molecule has 2 heterocycles. The van der Waals surface area contributed by atoms with Crippen LogP contribution in [0.15, 0.2) is 0 Å². The maximum atomic E-state index is 12.0. The summed E-state index contributed by atoms with van der Waals surface area (Å²) in [6, 6.07) is 0.00276. The zero-order valence-corrected chi connectivity index (χ0v) is 11.5. The monoisotopic (exact) mass is 283 g/mol. The Labute approximate surface area is 117 Å². The van der Waals surface area contributed by atoms with Gasteiger partial charge in [0.15, 0.2) is 0 Å². The van der Waals surface area contributed by atoms with Crippen LogP contribution in [0.3, 0.4) is 0 Å². The average molecular weight is 283 g/mol. The molecule has 2 aliphatic heterocycles. The van der Waals surface area contributed by atoms with Crippen molar-refractivity contribution >= 4 is 17.9 Å². The van der Waals surface area contributed by atoms with Gasteiger partial charge in [-0.3, -0.25) is 19.8 Å². The number of rotatable bonds is 3. The molecule has 7 nitrogen and oxygen atoms in total. The Hall–Kier alpha value is -1.63. The van der Waals surface area contributed by atoms with Gasteiger partial charge in [-0.15, -0.1) is 0 Å². The molecule has 2 fully saturated rings. The molecule has 0 radical (unpaired) electrons. The summed E-state index contributed by atoms with van der Waals surface area (Å²) in [6.45, 7) is 3.21. The lowest BCUT2D eigenvalue weighted by molar-refractivity contribution is -0.138. The molecule has 2 saturated heterocycles. The van der Waals surface area contributed by atoms with Crippen molar-refractivity contribution in [3.05, 3.63) is 0 Å². The summed E-state index contributed by atoms with van der Waals surface area (Å²) in [4.78, 5) is 37.8. The van der Waals surface area contributed by atoms with E-state index in [4.69, 9.17) is 5.11 Å². The molecule has 0 saturated carbocycles. The highest BCUT2D eigenvalue weighted by Crippen LogP contribution is 2.20. The molecule has 2 N–H and O–H groups in total. The first-order valence-electron chi connectivity index (χ1n) is 7.11. The van der Waals surface area contributed by atoms with E-state index in [0.29, 0.717) is 19.1 Å². The number of imide groups is 1. The number of carboxylic acids is 1. The van der Waals surface area contributed by atoms with Crippen molar-refractivity contribution in [2.45, 2.75) is 38.1 Å². The van der Waals surface area contributed by atoms with Crippen LogP contribution >= 0.6 is 0 Å². The van der Waals surface area contributed by atoms with Gasteiger partial charge in [0, 0.05) is 32.1 Å². The van der Waals surface area contributed by atoms with Crippen LogP contribution in [0, 0.1) is 0 Å². The maximum absolute atomic E-state index is 12.0. The van der Waals surface area contributed by atoms with E-state index in [2.05, 4.69) is 10.2 Å². The Kier molecular flexibility index (Phi) is 4.94. The Morgan fingerprint density at radius 3 is 2.65 bits per heavy atom. The molecule has 1 atom stereocenters. The Morgan fingerprint density at radius 2 is 1.90 bits per heavy atom. The van der Waals surface area contributed by atoms with E-state index >= 15 is 0 Å². The van der Waals surface area contributed by atoms with E-state index in [-0.39, 0.29) is 12.8 Å². The third-order valence-corrected chi connectivity index (χ3v) is 3.94. The topological polar surface area (TPSA) is 89.9 Å². The molecule has 1 unspecified atom stereocenters. The summed E-state index contributed by atoms with van der Waals surface area (Å²) in [7, 11) is 0. The number of carboxylic acid groups (broad SMARTS) is 1. The number of carbonyl (C=O) groups is 3. The van der Waals surface area contributed by atoms with E-state index < -0.39 is 17.9 Å². The van der Waals surface area contributed by atoms with Crippen LogP contribution < -0.4 is 5.32 Å². The third-order valence-electron chi connectivity index (χ3n) is 3.94. The zero-order chi connectivity index (χ0) is 14.5. The number of piperidine rings is 1. The SMILES string of the molecule is O=C(O)CCC(=O)NC(=O)N1CCN2CCCCC2C1. The van der Waals surface area contributed by atoms with Crippen molar-refractivity contribution in [1.29, 1.82) is 0 Å². The van der Waals surface area contributed by atoms with Gasteiger partial charge in [0.05, 0.1) is 6.42 Å². The molecule has 3 amide bonds. The largest absolute Gasteiger partial charge is 0.481 e. The minimum Gasteiger partial charge on any atom is -0.481 e. The highest BCUT2D eigenvalue weighted by atomic mass is 16.4. The second kappa shape index (κ2) is 6.69. The molecule has 112 valence electrons. The van der Waals surface area contributed by atoms with Crippen LogP contribution in [-0.4, -0.2) is 65.0 Å². The smallest absolute Gasteiger partial charge is 0.324 e. The number of carbonyl (C=O) groups excluding carboxylic acids is 2. The van der Waals surface area contributed by atoms with E-state index in [0.717, 1.165) is 19.5 Å². The molecule has 2 aliphatic rings. The normalized spacial score (nSPS) is 23.0. The van der Waals surface area contributed by atoms with E-state index in [1.807, 2.05) is 0 Å². The van der Waals surface area contributed by atoms with Crippen molar-refractivity contribution < 1.29 is 19.5 Å². The predicted octanol–water partition coefficient (Wildman–Crippen LogP) is 0.258. The standard InChI is InChI=1S/C13H21N3O4/c17-11(4-5-12(18)19)14-13(20)16-8-7-15-6-2-1-3-10(15)9-16/h10H,1-9H2,(H,18,19)(H,14,17,20). The molecule has 0 aromatic heterocycles. The quantitative estimate of drug-likeness (QED) is 0.775. The van der Waals surface area contributed by atoms with Gasteiger partial charge in [-0.05, 0) is 19.4 Å². The lowest BCUT2D eigenvalue weighted by atomic mass is 10.00. The van der Waals surface area contributed by atoms with Gasteiger partial charge in [-0.1, -0.05) is 6.42 Å². The van der Waals surface area contributed by atoms with Crippen molar-refractivity contribution in [2.24, 2.45) is 0 Å². The van der Waals surface area contributed by atoms with Gasteiger partial charge in [0.2, 0.25) is 5.91 Å². The summed E-state index contributed by atoms with van der Waals surface area (Å²) >= 11 is 0. The number of nitrogens with one attached hydrogen (secondary N) is 1. The fourth-order valence-electron chi connectivity index (χ4n) is 2.82. The minimum atomic E-state index is -1.04. The van der Waals surface area contributed by atoms with Crippen LogP contribution in [0.1, 0.15) is 32.1 Å². The Bertz CT molecular complexity index is 399. The number of amides is 3. The number of hydrogen-bond donors (Lipinski definition) is 2. The fourth-order valence-corrected chi connectivity index (χ4v) is 2.82. The fraction of sp³-hybridized carbons (Fsp3) is 0.769. The van der Waals surface area contributed by atoms with Crippen LogP contribution in [0.2, 0.25) is 0 Å². The average Bonchev–Trinajstić information content (AvgIpc) is 2.44. The second-order valence-electron chi connectivity index (χ2n) is 5.38.